The maximum Gasteiger partial charge on any atom is -0.00731 e. The average Bonchev–Trinajstić information content (AvgIpc) is 2.98. The molecule has 0 nitrogen and oxygen atoms in total. The highest BCUT2D eigenvalue weighted by Crippen LogP contribution is 2.41. The minimum absolute atomic E-state index is 0.643. The van der Waals surface area contributed by atoms with Crippen molar-refractivity contribution in [1.82, 2.24) is 0 Å². The van der Waals surface area contributed by atoms with Gasteiger partial charge in [-0.05, 0) is 63.3 Å². The third-order valence-electron chi connectivity index (χ3n) is 5.67. The van der Waals surface area contributed by atoms with Crippen LogP contribution in [0.15, 0.2) is 84.9 Å². The maximum atomic E-state index is 2.33. The molecule has 0 heteroatoms. The molecule has 0 saturated heterocycles. The van der Waals surface area contributed by atoms with Crippen LogP contribution in [0.3, 0.4) is 0 Å². The van der Waals surface area contributed by atoms with E-state index in [1.54, 1.807) is 0 Å². The van der Waals surface area contributed by atoms with E-state index in [2.05, 4.69) is 106 Å². The molecule has 0 heterocycles. The summed E-state index contributed by atoms with van der Waals surface area (Å²) in [6.07, 6.45) is 3.33. The van der Waals surface area contributed by atoms with Crippen molar-refractivity contribution in [2.24, 2.45) is 5.92 Å². The van der Waals surface area contributed by atoms with Gasteiger partial charge >= 0.3 is 0 Å². The Morgan fingerprint density at radius 1 is 0.621 bits per heavy atom. The molecule has 2 aromatic rings. The van der Waals surface area contributed by atoms with Gasteiger partial charge < -0.3 is 0 Å². The Labute approximate surface area is 175 Å². The van der Waals surface area contributed by atoms with Crippen LogP contribution >= 0.6 is 0 Å². The normalized spacial score (nSPS) is 11.3. The van der Waals surface area contributed by atoms with Crippen molar-refractivity contribution in [3.63, 3.8) is 0 Å². The van der Waals surface area contributed by atoms with Crippen molar-refractivity contribution in [2.45, 2.75) is 40.0 Å². The minimum atomic E-state index is 0.643. The Balaban J connectivity index is 1.97. The number of hydrogen-bond donors (Lipinski definition) is 0. The van der Waals surface area contributed by atoms with Crippen molar-refractivity contribution in [1.29, 1.82) is 0 Å². The summed E-state index contributed by atoms with van der Waals surface area (Å²) < 4.78 is 0. The quantitative estimate of drug-likeness (QED) is 0.317. The molecule has 0 bridgehead atoms. The Morgan fingerprint density at radius 3 is 2.03 bits per heavy atom. The van der Waals surface area contributed by atoms with E-state index in [1.165, 1.54) is 44.5 Å². The first-order valence-corrected chi connectivity index (χ1v) is 10.9. The summed E-state index contributed by atoms with van der Waals surface area (Å²) in [6.45, 7) is 6.89. The van der Waals surface area contributed by atoms with E-state index in [4.69, 9.17) is 0 Å². The van der Waals surface area contributed by atoms with E-state index < -0.39 is 0 Å². The van der Waals surface area contributed by atoms with Crippen molar-refractivity contribution in [3.05, 3.63) is 96.1 Å². The van der Waals surface area contributed by atoms with E-state index in [-0.39, 0.29) is 0 Å². The van der Waals surface area contributed by atoms with Crippen LogP contribution in [0.2, 0.25) is 0 Å². The molecule has 0 fully saturated rings. The summed E-state index contributed by atoms with van der Waals surface area (Å²) >= 11 is 0. The molecule has 0 atom stereocenters. The molecule has 0 aromatic heterocycles. The second-order valence-corrected chi connectivity index (χ2v) is 8.37. The standard InChI is InChI=1S/C29H30/c1-4-11-26-25(22-12-6-5-7-13-22)16-10-17-27(26)28-15-9-8-14-23-18-19-24(29(23)28)20-21(2)3/h5-10,12-19,21H,4,11,20H2,1-3H3. The van der Waals surface area contributed by atoms with Crippen molar-refractivity contribution in [2.75, 3.05) is 0 Å². The van der Waals surface area contributed by atoms with Gasteiger partial charge in [-0.25, -0.2) is 0 Å². The van der Waals surface area contributed by atoms with E-state index in [0.717, 1.165) is 19.3 Å². The average molecular weight is 379 g/mol. The largest absolute Gasteiger partial charge is 0.0651 e. The molecule has 2 aliphatic rings. The highest BCUT2D eigenvalue weighted by atomic mass is 14.2. The summed E-state index contributed by atoms with van der Waals surface area (Å²) in [5.41, 5.74) is 11.1. The maximum absolute atomic E-state index is 2.33. The van der Waals surface area contributed by atoms with Gasteiger partial charge in [0.05, 0.1) is 0 Å². The van der Waals surface area contributed by atoms with Crippen LogP contribution in [0.1, 0.15) is 38.3 Å². The van der Waals surface area contributed by atoms with Gasteiger partial charge in [0, 0.05) is 0 Å². The summed E-state index contributed by atoms with van der Waals surface area (Å²) in [5.74, 6) is 0.643. The molecule has 0 spiro atoms. The highest BCUT2D eigenvalue weighted by molar-refractivity contribution is 5.90. The van der Waals surface area contributed by atoms with E-state index in [9.17, 15) is 0 Å². The van der Waals surface area contributed by atoms with Gasteiger partial charge in [-0.1, -0.05) is 112 Å². The SMILES string of the molecule is CCCc1c(-c2ccccc2)cccc1-c1ccccc2ccc(CC(C)C)c1-2. The van der Waals surface area contributed by atoms with Crippen molar-refractivity contribution >= 4 is 0 Å². The Bertz CT molecular complexity index is 1060. The first-order valence-electron chi connectivity index (χ1n) is 10.9. The predicted octanol–water partition coefficient (Wildman–Crippen LogP) is 8.28. The molecule has 4 rings (SSSR count). The zero-order chi connectivity index (χ0) is 20.2. The second kappa shape index (κ2) is 8.66. The van der Waals surface area contributed by atoms with Gasteiger partial charge in [0.1, 0.15) is 0 Å². The van der Waals surface area contributed by atoms with Crippen LogP contribution in [-0.4, -0.2) is 0 Å². The number of hydrogen-bond acceptors (Lipinski definition) is 0. The third-order valence-corrected chi connectivity index (χ3v) is 5.67. The van der Waals surface area contributed by atoms with Crippen LogP contribution in [0.5, 0.6) is 0 Å². The molecule has 29 heavy (non-hydrogen) atoms. The first-order chi connectivity index (χ1) is 14.2. The van der Waals surface area contributed by atoms with E-state index in [1.807, 2.05) is 0 Å². The number of benzene rings is 2. The molecule has 0 saturated carbocycles. The third kappa shape index (κ3) is 3.98. The lowest BCUT2D eigenvalue weighted by Gasteiger charge is -2.18. The zero-order valence-corrected chi connectivity index (χ0v) is 17.8. The molecular formula is C29H30. The Kier molecular flexibility index (Phi) is 5.81. The van der Waals surface area contributed by atoms with Crippen molar-refractivity contribution < 1.29 is 0 Å². The van der Waals surface area contributed by atoms with Crippen molar-refractivity contribution in [3.8, 4) is 33.4 Å². The molecule has 0 N–H and O–H groups in total. The molecular weight excluding hydrogens is 348 g/mol. The van der Waals surface area contributed by atoms with Crippen LogP contribution in [0.25, 0.3) is 33.4 Å². The fourth-order valence-electron chi connectivity index (χ4n) is 4.49. The number of fused-ring (bicyclic) bond motifs is 1. The second-order valence-electron chi connectivity index (χ2n) is 8.37. The molecule has 146 valence electrons. The summed E-state index contributed by atoms with van der Waals surface area (Å²) in [4.78, 5) is 0. The zero-order valence-electron chi connectivity index (χ0n) is 17.8. The lowest BCUT2D eigenvalue weighted by Crippen LogP contribution is -1.97. The van der Waals surface area contributed by atoms with Gasteiger partial charge in [-0.15, -0.1) is 0 Å². The molecule has 2 aromatic carbocycles. The Morgan fingerprint density at radius 2 is 1.28 bits per heavy atom. The summed E-state index contributed by atoms with van der Waals surface area (Å²) in [5, 5.41) is 0. The van der Waals surface area contributed by atoms with Gasteiger partial charge in [-0.2, -0.15) is 0 Å². The topological polar surface area (TPSA) is 0 Å². The van der Waals surface area contributed by atoms with Gasteiger partial charge in [0.25, 0.3) is 0 Å². The monoisotopic (exact) mass is 378 g/mol. The molecule has 0 amide bonds. The Hall–Kier alpha value is -2.86. The van der Waals surface area contributed by atoms with Gasteiger partial charge in [0.15, 0.2) is 0 Å². The van der Waals surface area contributed by atoms with Crippen LogP contribution in [0.4, 0.5) is 0 Å². The lowest BCUT2D eigenvalue weighted by atomic mass is 9.86. The van der Waals surface area contributed by atoms with E-state index in [0.29, 0.717) is 5.92 Å². The summed E-state index contributed by atoms with van der Waals surface area (Å²) in [6, 6.07) is 31.2. The smallest absolute Gasteiger partial charge is 0.00731 e. The highest BCUT2D eigenvalue weighted by Gasteiger charge is 2.18. The first kappa shape index (κ1) is 19.5. The molecule has 0 unspecified atom stereocenters. The van der Waals surface area contributed by atoms with Gasteiger partial charge in [0.2, 0.25) is 0 Å². The molecule has 2 aliphatic carbocycles. The fraction of sp³-hybridized carbons (Fsp3) is 0.241. The summed E-state index contributed by atoms with van der Waals surface area (Å²) in [7, 11) is 0. The minimum Gasteiger partial charge on any atom is -0.0651 e. The molecule has 0 aliphatic heterocycles. The lowest BCUT2D eigenvalue weighted by molar-refractivity contribution is 0.649. The van der Waals surface area contributed by atoms with Crippen LogP contribution in [0, 0.1) is 5.92 Å². The van der Waals surface area contributed by atoms with Gasteiger partial charge in [-0.3, -0.25) is 0 Å². The van der Waals surface area contributed by atoms with E-state index >= 15 is 0 Å². The predicted molar refractivity (Wildman–Crippen MR) is 126 cm³/mol. The van der Waals surface area contributed by atoms with Crippen LogP contribution < -0.4 is 0 Å². The van der Waals surface area contributed by atoms with Crippen LogP contribution in [-0.2, 0) is 12.8 Å². The molecule has 0 radical (unpaired) electrons. The fourth-order valence-corrected chi connectivity index (χ4v) is 4.49. The number of rotatable bonds is 6.